The van der Waals surface area contributed by atoms with Crippen LogP contribution >= 0.6 is 0 Å². The monoisotopic (exact) mass is 252 g/mol. The molecule has 1 amide bonds. The number of rotatable bonds is 3. The van der Waals surface area contributed by atoms with Crippen LogP contribution in [0, 0.1) is 0 Å². The number of likely N-dealkylation sites (N-methyl/N-ethyl adjacent to an activating group) is 1. The average Bonchev–Trinajstić information content (AvgIpc) is 2.52. The summed E-state index contributed by atoms with van der Waals surface area (Å²) in [5.74, 6) is -0.226. The molecule has 1 saturated heterocycles. The molecule has 100 valence electrons. The Morgan fingerprint density at radius 3 is 2.71 bits per heavy atom. The van der Waals surface area contributed by atoms with E-state index in [2.05, 4.69) is 5.32 Å². The molecule has 1 heterocycles. The molecule has 6 heteroatoms. The summed E-state index contributed by atoms with van der Waals surface area (Å²) in [6.07, 6.45) is -1.38. The van der Waals surface area contributed by atoms with Crippen LogP contribution in [0.15, 0.2) is 0 Å². The molecule has 0 bridgehead atoms. The van der Waals surface area contributed by atoms with Gasteiger partial charge in [-0.2, -0.15) is 13.2 Å². The summed E-state index contributed by atoms with van der Waals surface area (Å²) in [5.41, 5.74) is 0. The summed E-state index contributed by atoms with van der Waals surface area (Å²) in [7, 11) is 1.43. The molecule has 0 spiro atoms. The third-order valence-electron chi connectivity index (χ3n) is 2.97. The van der Waals surface area contributed by atoms with E-state index in [-0.39, 0.29) is 18.5 Å². The normalized spacial score (nSPS) is 22.0. The molecule has 1 fully saturated rings. The standard InChI is InChI=1S/C11H19F3N2O/c1-16(8-6-11(12,13)14)10(17)9-5-3-2-4-7-15-9/h9,15H,2-8H2,1H3. The van der Waals surface area contributed by atoms with Crippen LogP contribution in [0.3, 0.4) is 0 Å². The van der Waals surface area contributed by atoms with E-state index in [9.17, 15) is 18.0 Å². The first-order valence-corrected chi connectivity index (χ1v) is 5.95. The number of amides is 1. The molecule has 0 aromatic carbocycles. The summed E-state index contributed by atoms with van der Waals surface area (Å²) in [4.78, 5) is 13.0. The molecule has 1 unspecified atom stereocenters. The van der Waals surface area contributed by atoms with Gasteiger partial charge < -0.3 is 10.2 Å². The lowest BCUT2D eigenvalue weighted by molar-refractivity contribution is -0.145. The third-order valence-corrected chi connectivity index (χ3v) is 2.97. The largest absolute Gasteiger partial charge is 0.390 e. The van der Waals surface area contributed by atoms with Crippen LogP contribution in [0.1, 0.15) is 32.1 Å². The zero-order valence-electron chi connectivity index (χ0n) is 10.0. The first-order chi connectivity index (χ1) is 7.90. The maximum absolute atomic E-state index is 12.0. The van der Waals surface area contributed by atoms with E-state index < -0.39 is 12.6 Å². The number of hydrogen-bond donors (Lipinski definition) is 1. The molecule has 0 aromatic heterocycles. The van der Waals surface area contributed by atoms with Gasteiger partial charge in [-0.15, -0.1) is 0 Å². The summed E-state index contributed by atoms with van der Waals surface area (Å²) < 4.78 is 36.1. The first-order valence-electron chi connectivity index (χ1n) is 5.95. The van der Waals surface area contributed by atoms with E-state index >= 15 is 0 Å². The van der Waals surface area contributed by atoms with Gasteiger partial charge in [-0.05, 0) is 19.4 Å². The molecule has 1 rings (SSSR count). The van der Waals surface area contributed by atoms with Gasteiger partial charge in [0, 0.05) is 13.6 Å². The van der Waals surface area contributed by atoms with E-state index in [0.717, 1.165) is 32.2 Å². The SMILES string of the molecule is CN(CCC(F)(F)F)C(=O)C1CCCCCN1. The molecular weight excluding hydrogens is 233 g/mol. The maximum Gasteiger partial charge on any atom is 0.390 e. The average molecular weight is 252 g/mol. The third kappa shape index (κ3) is 5.39. The molecule has 0 saturated carbocycles. The highest BCUT2D eigenvalue weighted by Crippen LogP contribution is 2.20. The molecular formula is C11H19F3N2O. The highest BCUT2D eigenvalue weighted by Gasteiger charge is 2.29. The number of carbonyl (C=O) groups excluding carboxylic acids is 1. The van der Waals surface area contributed by atoms with E-state index in [0.29, 0.717) is 0 Å². The molecule has 0 radical (unpaired) electrons. The Bertz CT molecular complexity index is 248. The predicted octanol–water partition coefficient (Wildman–Crippen LogP) is 1.93. The van der Waals surface area contributed by atoms with Gasteiger partial charge in [-0.25, -0.2) is 0 Å². The highest BCUT2D eigenvalue weighted by molar-refractivity contribution is 5.81. The highest BCUT2D eigenvalue weighted by atomic mass is 19.4. The molecule has 17 heavy (non-hydrogen) atoms. The maximum atomic E-state index is 12.0. The molecule has 0 aromatic rings. The lowest BCUT2D eigenvalue weighted by atomic mass is 10.1. The lowest BCUT2D eigenvalue weighted by Gasteiger charge is -2.23. The number of alkyl halides is 3. The van der Waals surface area contributed by atoms with Crippen molar-refractivity contribution in [2.45, 2.75) is 44.3 Å². The molecule has 1 aliphatic rings. The second-order valence-corrected chi connectivity index (χ2v) is 4.48. The van der Waals surface area contributed by atoms with Gasteiger partial charge in [0.2, 0.25) is 5.91 Å². The fourth-order valence-corrected chi connectivity index (χ4v) is 1.91. The Hall–Kier alpha value is -0.780. The van der Waals surface area contributed by atoms with Crippen molar-refractivity contribution in [3.63, 3.8) is 0 Å². The van der Waals surface area contributed by atoms with Crippen molar-refractivity contribution in [2.24, 2.45) is 0 Å². The van der Waals surface area contributed by atoms with Gasteiger partial charge in [0.05, 0.1) is 12.5 Å². The van der Waals surface area contributed by atoms with Crippen LogP contribution in [0.4, 0.5) is 13.2 Å². The van der Waals surface area contributed by atoms with Crippen molar-refractivity contribution in [3.05, 3.63) is 0 Å². The summed E-state index contributed by atoms with van der Waals surface area (Å²) in [5, 5.41) is 3.09. The van der Waals surface area contributed by atoms with Gasteiger partial charge in [0.15, 0.2) is 0 Å². The van der Waals surface area contributed by atoms with Gasteiger partial charge in [-0.3, -0.25) is 4.79 Å². The van der Waals surface area contributed by atoms with Crippen molar-refractivity contribution < 1.29 is 18.0 Å². The van der Waals surface area contributed by atoms with E-state index in [1.807, 2.05) is 0 Å². The second kappa shape index (κ2) is 6.23. The summed E-state index contributed by atoms with van der Waals surface area (Å²) in [6, 6.07) is -0.310. The number of hydrogen-bond acceptors (Lipinski definition) is 2. The molecule has 1 N–H and O–H groups in total. The summed E-state index contributed by atoms with van der Waals surface area (Å²) in [6.45, 7) is 0.504. The van der Waals surface area contributed by atoms with Crippen molar-refractivity contribution in [2.75, 3.05) is 20.1 Å². The fraction of sp³-hybridized carbons (Fsp3) is 0.909. The van der Waals surface area contributed by atoms with Crippen LogP contribution in [0.2, 0.25) is 0 Å². The topological polar surface area (TPSA) is 32.3 Å². The predicted molar refractivity (Wildman–Crippen MR) is 58.6 cm³/mol. The van der Waals surface area contributed by atoms with Crippen molar-refractivity contribution in [1.82, 2.24) is 10.2 Å². The number of carbonyl (C=O) groups is 1. The van der Waals surface area contributed by atoms with Crippen LogP contribution in [-0.2, 0) is 4.79 Å². The van der Waals surface area contributed by atoms with Gasteiger partial charge in [0.25, 0.3) is 0 Å². The van der Waals surface area contributed by atoms with E-state index in [1.54, 1.807) is 0 Å². The Morgan fingerprint density at radius 2 is 2.06 bits per heavy atom. The Balaban J connectivity index is 2.39. The molecule has 1 aliphatic heterocycles. The van der Waals surface area contributed by atoms with Crippen LogP contribution in [0.25, 0.3) is 0 Å². The minimum Gasteiger partial charge on any atom is -0.344 e. The Morgan fingerprint density at radius 1 is 1.35 bits per heavy atom. The molecule has 0 aliphatic carbocycles. The van der Waals surface area contributed by atoms with Crippen LogP contribution < -0.4 is 5.32 Å². The second-order valence-electron chi connectivity index (χ2n) is 4.48. The number of nitrogens with one attached hydrogen (secondary N) is 1. The van der Waals surface area contributed by atoms with Gasteiger partial charge >= 0.3 is 6.18 Å². The van der Waals surface area contributed by atoms with E-state index in [4.69, 9.17) is 0 Å². The number of halogens is 3. The molecule has 1 atom stereocenters. The first kappa shape index (κ1) is 14.3. The Labute approximate surface area is 99.4 Å². The Kier molecular flexibility index (Phi) is 5.24. The lowest BCUT2D eigenvalue weighted by Crippen LogP contribution is -2.45. The quantitative estimate of drug-likeness (QED) is 0.832. The van der Waals surface area contributed by atoms with Gasteiger partial charge in [-0.1, -0.05) is 12.8 Å². The fourth-order valence-electron chi connectivity index (χ4n) is 1.91. The zero-order chi connectivity index (χ0) is 12.9. The van der Waals surface area contributed by atoms with Crippen molar-refractivity contribution in [3.8, 4) is 0 Å². The smallest absolute Gasteiger partial charge is 0.344 e. The van der Waals surface area contributed by atoms with Crippen molar-refractivity contribution in [1.29, 1.82) is 0 Å². The molecule has 3 nitrogen and oxygen atoms in total. The van der Waals surface area contributed by atoms with Gasteiger partial charge in [0.1, 0.15) is 0 Å². The minimum atomic E-state index is -4.20. The summed E-state index contributed by atoms with van der Waals surface area (Å²) >= 11 is 0. The van der Waals surface area contributed by atoms with Crippen molar-refractivity contribution >= 4 is 5.91 Å². The zero-order valence-corrected chi connectivity index (χ0v) is 10.0. The van der Waals surface area contributed by atoms with Crippen LogP contribution in [0.5, 0.6) is 0 Å². The minimum absolute atomic E-state index is 0.226. The van der Waals surface area contributed by atoms with E-state index in [1.165, 1.54) is 11.9 Å². The number of nitrogens with zero attached hydrogens (tertiary/aromatic N) is 1. The van der Waals surface area contributed by atoms with Crippen LogP contribution in [-0.4, -0.2) is 43.2 Å².